The number of para-hydroxylation sites is 1. The highest BCUT2D eigenvalue weighted by molar-refractivity contribution is 6.07. The maximum Gasteiger partial charge on any atom is 0.335 e. The summed E-state index contributed by atoms with van der Waals surface area (Å²) in [7, 11) is 0. The molecule has 0 saturated carbocycles. The Hall–Kier alpha value is -4.98. The minimum atomic E-state index is -1.07. The van der Waals surface area contributed by atoms with Crippen molar-refractivity contribution in [2.75, 3.05) is 10.3 Å². The van der Waals surface area contributed by atoms with Gasteiger partial charge in [0.1, 0.15) is 11.6 Å². The van der Waals surface area contributed by atoms with Crippen molar-refractivity contribution in [1.29, 1.82) is 0 Å². The first-order chi connectivity index (χ1) is 18.7. The van der Waals surface area contributed by atoms with Crippen LogP contribution in [0.25, 0.3) is 11.1 Å². The molecule has 4 aromatic carbocycles. The van der Waals surface area contributed by atoms with Gasteiger partial charge in [-0.25, -0.2) is 9.18 Å². The topological polar surface area (TPSA) is 102 Å². The van der Waals surface area contributed by atoms with Gasteiger partial charge < -0.3 is 10.2 Å². The number of carboxylic acid groups (broad SMARTS) is 1. The zero-order valence-electron chi connectivity index (χ0n) is 21.7. The third kappa shape index (κ3) is 5.96. The number of carboxylic acids is 1. The Morgan fingerprint density at radius 3 is 2.38 bits per heavy atom. The number of hydrogen-bond acceptors (Lipinski definition) is 5. The van der Waals surface area contributed by atoms with Crippen LogP contribution in [0.4, 0.5) is 21.5 Å². The monoisotopic (exact) mass is 525 g/mol. The second kappa shape index (κ2) is 11.6. The van der Waals surface area contributed by atoms with Gasteiger partial charge in [-0.05, 0) is 72.5 Å². The summed E-state index contributed by atoms with van der Waals surface area (Å²) in [6.45, 7) is 5.85. The zero-order chi connectivity index (χ0) is 28.1. The van der Waals surface area contributed by atoms with Gasteiger partial charge in [-0.15, -0.1) is 0 Å². The molecule has 0 aliphatic rings. The molecule has 7 nitrogen and oxygen atoms in total. The Bertz CT molecular complexity index is 1550. The Kier molecular flexibility index (Phi) is 8.05. The van der Waals surface area contributed by atoms with Crippen LogP contribution in [0.2, 0.25) is 0 Å². The third-order valence-corrected chi connectivity index (χ3v) is 6.35. The van der Waals surface area contributed by atoms with E-state index in [-0.39, 0.29) is 17.0 Å². The summed E-state index contributed by atoms with van der Waals surface area (Å²) in [5.74, 6) is -1.36. The summed E-state index contributed by atoms with van der Waals surface area (Å²) >= 11 is 0. The van der Waals surface area contributed by atoms with Crippen LogP contribution in [0, 0.1) is 5.82 Å². The predicted molar refractivity (Wildman–Crippen MR) is 151 cm³/mol. The van der Waals surface area contributed by atoms with E-state index >= 15 is 0 Å². The summed E-state index contributed by atoms with van der Waals surface area (Å²) in [6.07, 6.45) is 0.629. The smallest absolute Gasteiger partial charge is 0.335 e. The number of phenols is 1. The summed E-state index contributed by atoms with van der Waals surface area (Å²) in [5, 5.41) is 24.6. The number of phenolic OH excluding ortho intramolecular Hbond substituents is 1. The number of rotatable bonds is 9. The van der Waals surface area contributed by atoms with E-state index in [0.717, 1.165) is 5.56 Å². The second-order valence-electron chi connectivity index (χ2n) is 9.28. The van der Waals surface area contributed by atoms with Gasteiger partial charge in [0.25, 0.3) is 0 Å². The summed E-state index contributed by atoms with van der Waals surface area (Å²) < 4.78 is 14.3. The molecule has 3 N–H and O–H groups in total. The van der Waals surface area contributed by atoms with Gasteiger partial charge in [-0.3, -0.25) is 15.1 Å². The molecule has 4 rings (SSSR count). The summed E-state index contributed by atoms with van der Waals surface area (Å²) in [6, 6.07) is 22.8. The minimum absolute atomic E-state index is 0.0987. The molecule has 0 unspecified atom stereocenters. The van der Waals surface area contributed by atoms with Crippen molar-refractivity contribution in [1.82, 2.24) is 0 Å². The molecule has 0 radical (unpaired) electrons. The molecule has 4 aromatic rings. The number of hydrogen-bond donors (Lipinski definition) is 3. The fraction of sp³-hybridized carbons (Fsp3) is 0.129. The molecule has 8 heteroatoms. The van der Waals surface area contributed by atoms with Gasteiger partial charge in [0.2, 0.25) is 6.41 Å². The Balaban J connectivity index is 1.67. The normalized spacial score (nSPS) is 11.4. The average Bonchev–Trinajstić information content (AvgIpc) is 2.93. The maximum atomic E-state index is 14.3. The molecule has 1 amide bonds. The maximum absolute atomic E-state index is 14.3. The Morgan fingerprint density at radius 2 is 1.72 bits per heavy atom. The fourth-order valence-electron chi connectivity index (χ4n) is 4.18. The van der Waals surface area contributed by atoms with E-state index in [2.05, 4.69) is 24.4 Å². The van der Waals surface area contributed by atoms with E-state index in [1.165, 1.54) is 35.2 Å². The first-order valence-electron chi connectivity index (χ1n) is 12.3. The lowest BCUT2D eigenvalue weighted by Gasteiger charge is -2.22. The van der Waals surface area contributed by atoms with Crippen molar-refractivity contribution in [2.24, 2.45) is 5.10 Å². The van der Waals surface area contributed by atoms with Crippen LogP contribution >= 0.6 is 0 Å². The van der Waals surface area contributed by atoms with Crippen molar-refractivity contribution in [2.45, 2.75) is 26.7 Å². The van der Waals surface area contributed by atoms with Gasteiger partial charge in [0, 0.05) is 16.8 Å². The van der Waals surface area contributed by atoms with Crippen LogP contribution in [0.5, 0.6) is 5.75 Å². The predicted octanol–water partition coefficient (Wildman–Crippen LogP) is 7.15. The average molecular weight is 526 g/mol. The number of halogens is 1. The van der Waals surface area contributed by atoms with Crippen molar-refractivity contribution in [3.8, 4) is 16.9 Å². The Labute approximate surface area is 225 Å². The number of nitrogens with zero attached hydrogens (tertiary/aromatic N) is 2. The van der Waals surface area contributed by atoms with Gasteiger partial charge in [-0.1, -0.05) is 50.2 Å². The van der Waals surface area contributed by atoms with Crippen molar-refractivity contribution in [3.63, 3.8) is 0 Å². The van der Waals surface area contributed by atoms with Crippen molar-refractivity contribution >= 4 is 35.2 Å². The molecule has 0 fully saturated rings. The van der Waals surface area contributed by atoms with Gasteiger partial charge in [0.15, 0.2) is 0 Å². The molecule has 0 aromatic heterocycles. The first kappa shape index (κ1) is 27.1. The number of nitrogens with one attached hydrogen (secondary N) is 1. The molecule has 0 aliphatic carbocycles. The molecule has 0 saturated heterocycles. The van der Waals surface area contributed by atoms with Crippen LogP contribution in [-0.4, -0.2) is 28.3 Å². The number of anilines is 3. The summed E-state index contributed by atoms with van der Waals surface area (Å²) in [5.41, 5.74) is 7.13. The lowest BCUT2D eigenvalue weighted by atomic mass is 10.0. The van der Waals surface area contributed by atoms with Crippen LogP contribution < -0.4 is 10.3 Å². The van der Waals surface area contributed by atoms with Crippen LogP contribution in [0.3, 0.4) is 0 Å². The summed E-state index contributed by atoms with van der Waals surface area (Å²) in [4.78, 5) is 24.9. The highest BCUT2D eigenvalue weighted by Gasteiger charge is 2.17. The van der Waals surface area contributed by atoms with Crippen molar-refractivity contribution in [3.05, 3.63) is 107 Å². The van der Waals surface area contributed by atoms with Gasteiger partial charge >= 0.3 is 5.97 Å². The highest BCUT2D eigenvalue weighted by atomic mass is 19.1. The standard InChI is InChI=1S/C31H28FN3O4/c1-19(2)21-10-13-25(14-11-21)35(18-36)29-17-24(32)12-15-26(29)20(3)33-34-28-9-5-8-27(30(28)37)22-6-4-7-23(16-22)31(38)39/h4-19,34,37H,1-3H3,(H,38,39)/b33-20+. The van der Waals surface area contributed by atoms with Crippen LogP contribution in [-0.2, 0) is 4.79 Å². The van der Waals surface area contributed by atoms with Crippen LogP contribution in [0.1, 0.15) is 48.2 Å². The number of hydrazone groups is 1. The quantitative estimate of drug-likeness (QED) is 0.0932. The molecular weight excluding hydrogens is 497 g/mol. The zero-order valence-corrected chi connectivity index (χ0v) is 21.7. The lowest BCUT2D eigenvalue weighted by Crippen LogP contribution is -2.18. The molecule has 0 bridgehead atoms. The van der Waals surface area contributed by atoms with Gasteiger partial charge in [-0.2, -0.15) is 5.10 Å². The molecule has 0 atom stereocenters. The second-order valence-corrected chi connectivity index (χ2v) is 9.28. The highest BCUT2D eigenvalue weighted by Crippen LogP contribution is 2.36. The number of aromatic carboxylic acids is 1. The number of carbonyl (C=O) groups is 2. The van der Waals surface area contributed by atoms with Crippen LogP contribution in [0.15, 0.2) is 90.0 Å². The van der Waals surface area contributed by atoms with E-state index in [1.807, 2.05) is 24.3 Å². The molecular formula is C31H28FN3O4. The molecule has 39 heavy (non-hydrogen) atoms. The molecule has 198 valence electrons. The lowest BCUT2D eigenvalue weighted by molar-refractivity contribution is -0.106. The fourth-order valence-corrected chi connectivity index (χ4v) is 4.18. The first-order valence-corrected chi connectivity index (χ1v) is 12.3. The number of amides is 1. The van der Waals surface area contributed by atoms with E-state index in [9.17, 15) is 24.2 Å². The van der Waals surface area contributed by atoms with E-state index in [0.29, 0.717) is 46.1 Å². The third-order valence-electron chi connectivity index (χ3n) is 6.35. The largest absolute Gasteiger partial charge is 0.505 e. The number of benzene rings is 4. The molecule has 0 spiro atoms. The number of carbonyl (C=O) groups excluding carboxylic acids is 1. The SMILES string of the molecule is C/C(=N\Nc1cccc(-c2cccc(C(=O)O)c2)c1O)c1ccc(F)cc1N(C=O)c1ccc(C(C)C)cc1. The van der Waals surface area contributed by atoms with Gasteiger partial charge in [0.05, 0.1) is 22.6 Å². The van der Waals surface area contributed by atoms with E-state index in [4.69, 9.17) is 0 Å². The molecule has 0 aliphatic heterocycles. The van der Waals surface area contributed by atoms with Crippen molar-refractivity contribution < 1.29 is 24.2 Å². The number of aromatic hydroxyl groups is 1. The molecule has 0 heterocycles. The minimum Gasteiger partial charge on any atom is -0.505 e. The van der Waals surface area contributed by atoms with E-state index in [1.54, 1.807) is 37.3 Å². The Morgan fingerprint density at radius 1 is 1.00 bits per heavy atom. The van der Waals surface area contributed by atoms with E-state index < -0.39 is 11.8 Å².